The van der Waals surface area contributed by atoms with Crippen LogP contribution in [0.4, 0.5) is 0 Å². The average Bonchev–Trinajstić information content (AvgIpc) is 2.64. The monoisotopic (exact) mass is 362 g/mol. The molecular formula is C17H26N6OS. The van der Waals surface area contributed by atoms with Crippen molar-refractivity contribution in [2.45, 2.75) is 6.42 Å². The zero-order chi connectivity index (χ0) is 17.6. The minimum Gasteiger partial charge on any atom is -0.491 e. The van der Waals surface area contributed by atoms with E-state index in [1.807, 2.05) is 12.1 Å². The summed E-state index contributed by atoms with van der Waals surface area (Å²) in [5.74, 6) is 0.787. The third-order valence-corrected chi connectivity index (χ3v) is 4.80. The molecule has 1 N–H and O–H groups in total. The molecule has 8 heteroatoms. The molecule has 0 radical (unpaired) electrons. The lowest BCUT2D eigenvalue weighted by atomic mass is 10.1. The number of fused-ring (bicyclic) bond motifs is 1. The predicted octanol–water partition coefficient (Wildman–Crippen LogP) is 0.622. The van der Waals surface area contributed by atoms with Crippen molar-refractivity contribution in [2.75, 3.05) is 60.0 Å². The van der Waals surface area contributed by atoms with E-state index in [0.717, 1.165) is 62.8 Å². The molecule has 25 heavy (non-hydrogen) atoms. The standard InChI is InChI=1S/C17H26N6OS/c1-21(2)7-8-22-9-11-23(12-10-22)17(25)20-19-14-5-13-24-15-4-3-6-18-16(14)15/h3-4,6H,5,7-13H2,1-2H3,(H,20,25)/b19-14-. The number of rotatable bonds is 4. The highest BCUT2D eigenvalue weighted by molar-refractivity contribution is 7.80. The molecule has 0 saturated carbocycles. The highest BCUT2D eigenvalue weighted by Gasteiger charge is 2.20. The van der Waals surface area contributed by atoms with Gasteiger partial charge in [0.2, 0.25) is 0 Å². The number of thiocarbonyl (C=S) groups is 1. The number of hydrogen-bond donors (Lipinski definition) is 1. The van der Waals surface area contributed by atoms with Crippen molar-refractivity contribution in [3.8, 4) is 5.75 Å². The molecule has 3 rings (SSSR count). The largest absolute Gasteiger partial charge is 0.491 e. The number of aromatic nitrogens is 1. The van der Waals surface area contributed by atoms with E-state index in [2.05, 4.69) is 44.3 Å². The number of pyridine rings is 1. The topological polar surface area (TPSA) is 56.2 Å². The fourth-order valence-corrected chi connectivity index (χ4v) is 3.14. The van der Waals surface area contributed by atoms with Crippen LogP contribution in [0.1, 0.15) is 12.1 Å². The fourth-order valence-electron chi connectivity index (χ4n) is 2.91. The molecule has 0 bridgehead atoms. The van der Waals surface area contributed by atoms with Gasteiger partial charge in [-0.2, -0.15) is 5.10 Å². The summed E-state index contributed by atoms with van der Waals surface area (Å²) in [6.45, 7) is 6.74. The zero-order valence-electron chi connectivity index (χ0n) is 14.9. The molecule has 136 valence electrons. The molecule has 0 spiro atoms. The predicted molar refractivity (Wildman–Crippen MR) is 103 cm³/mol. The first kappa shape index (κ1) is 18.0. The number of hydrazone groups is 1. The quantitative estimate of drug-likeness (QED) is 0.622. The molecule has 7 nitrogen and oxygen atoms in total. The summed E-state index contributed by atoms with van der Waals surface area (Å²) in [7, 11) is 4.22. The third kappa shape index (κ3) is 4.87. The van der Waals surface area contributed by atoms with E-state index in [1.165, 1.54) is 0 Å². The minimum atomic E-state index is 0.622. The second kappa shape index (κ2) is 8.55. The van der Waals surface area contributed by atoms with Gasteiger partial charge in [0.05, 0.1) is 12.3 Å². The van der Waals surface area contributed by atoms with E-state index in [1.54, 1.807) is 6.20 Å². The Balaban J connectivity index is 1.51. The normalized spacial score (nSPS) is 19.6. The van der Waals surface area contributed by atoms with Crippen molar-refractivity contribution in [1.29, 1.82) is 0 Å². The van der Waals surface area contributed by atoms with Crippen LogP contribution < -0.4 is 10.2 Å². The van der Waals surface area contributed by atoms with E-state index >= 15 is 0 Å². The zero-order valence-corrected chi connectivity index (χ0v) is 15.8. The van der Waals surface area contributed by atoms with Gasteiger partial charge in [-0.3, -0.25) is 15.3 Å². The Morgan fingerprint density at radius 1 is 1.36 bits per heavy atom. The van der Waals surface area contributed by atoms with Crippen LogP contribution in [0.2, 0.25) is 0 Å². The van der Waals surface area contributed by atoms with Crippen molar-refractivity contribution in [3.05, 3.63) is 24.0 Å². The molecule has 1 aromatic rings. The summed E-state index contributed by atoms with van der Waals surface area (Å²) < 4.78 is 5.61. The van der Waals surface area contributed by atoms with Gasteiger partial charge in [-0.25, -0.2) is 0 Å². The van der Waals surface area contributed by atoms with Crippen LogP contribution in [0, 0.1) is 0 Å². The number of piperazine rings is 1. The maximum absolute atomic E-state index is 5.61. The van der Waals surface area contributed by atoms with Crippen molar-refractivity contribution in [1.82, 2.24) is 25.1 Å². The molecule has 0 aliphatic carbocycles. The molecule has 1 aromatic heterocycles. The number of hydrogen-bond acceptors (Lipinski definition) is 6. The van der Waals surface area contributed by atoms with E-state index < -0.39 is 0 Å². The molecule has 2 aliphatic heterocycles. The van der Waals surface area contributed by atoms with Crippen molar-refractivity contribution < 1.29 is 4.74 Å². The first-order chi connectivity index (χ1) is 12.1. The summed E-state index contributed by atoms with van der Waals surface area (Å²) in [4.78, 5) is 11.2. The number of ether oxygens (including phenoxy) is 1. The van der Waals surface area contributed by atoms with Crippen LogP contribution in [0.25, 0.3) is 0 Å². The van der Waals surface area contributed by atoms with Crippen molar-refractivity contribution >= 4 is 23.0 Å². The molecular weight excluding hydrogens is 336 g/mol. The third-order valence-electron chi connectivity index (χ3n) is 4.45. The van der Waals surface area contributed by atoms with Gasteiger partial charge in [-0.05, 0) is 38.4 Å². The lowest BCUT2D eigenvalue weighted by Crippen LogP contribution is -2.52. The first-order valence-corrected chi connectivity index (χ1v) is 9.11. The first-order valence-electron chi connectivity index (χ1n) is 8.70. The van der Waals surface area contributed by atoms with Gasteiger partial charge < -0.3 is 14.5 Å². The minimum absolute atomic E-state index is 0.622. The average molecular weight is 363 g/mol. The second-order valence-corrected chi connectivity index (χ2v) is 6.94. The van der Waals surface area contributed by atoms with Gasteiger partial charge in [-0.1, -0.05) is 0 Å². The van der Waals surface area contributed by atoms with E-state index in [9.17, 15) is 0 Å². The molecule has 3 heterocycles. The Bertz CT molecular complexity index is 627. The highest BCUT2D eigenvalue weighted by Crippen LogP contribution is 2.21. The van der Waals surface area contributed by atoms with Crippen molar-refractivity contribution in [3.63, 3.8) is 0 Å². The molecule has 0 atom stereocenters. The lowest BCUT2D eigenvalue weighted by Gasteiger charge is -2.36. The summed E-state index contributed by atoms with van der Waals surface area (Å²) in [5.41, 5.74) is 4.75. The SMILES string of the molecule is CN(C)CCN1CCN(C(=S)N/N=C2/CCOc3cccnc32)CC1. The van der Waals surface area contributed by atoms with Crippen LogP contribution in [0.5, 0.6) is 5.75 Å². The van der Waals surface area contributed by atoms with Gasteiger partial charge in [0, 0.05) is 51.9 Å². The molecule has 0 unspecified atom stereocenters. The molecule has 2 aliphatic rings. The number of likely N-dealkylation sites (N-methyl/N-ethyl adjacent to an activating group) is 1. The van der Waals surface area contributed by atoms with Gasteiger partial charge >= 0.3 is 0 Å². The molecule has 1 fully saturated rings. The Kier molecular flexibility index (Phi) is 6.17. The fraction of sp³-hybridized carbons (Fsp3) is 0.588. The lowest BCUT2D eigenvalue weighted by molar-refractivity contribution is 0.168. The maximum atomic E-state index is 5.61. The Labute approximate surface area is 154 Å². The second-order valence-electron chi connectivity index (χ2n) is 6.56. The number of nitrogens with zero attached hydrogens (tertiary/aromatic N) is 5. The van der Waals surface area contributed by atoms with Gasteiger partial charge in [0.25, 0.3) is 0 Å². The number of nitrogens with one attached hydrogen (secondary N) is 1. The summed E-state index contributed by atoms with van der Waals surface area (Å²) in [6.07, 6.45) is 2.49. The van der Waals surface area contributed by atoms with Crippen LogP contribution in [0.15, 0.2) is 23.4 Å². The van der Waals surface area contributed by atoms with Crippen LogP contribution in [0.3, 0.4) is 0 Å². The summed E-state index contributed by atoms with van der Waals surface area (Å²) in [5, 5.41) is 5.18. The van der Waals surface area contributed by atoms with E-state index in [-0.39, 0.29) is 0 Å². The molecule has 0 aromatic carbocycles. The summed E-state index contributed by atoms with van der Waals surface area (Å²) >= 11 is 5.52. The van der Waals surface area contributed by atoms with Gasteiger partial charge in [-0.15, -0.1) is 0 Å². The van der Waals surface area contributed by atoms with Crippen LogP contribution in [-0.2, 0) is 0 Å². The smallest absolute Gasteiger partial charge is 0.189 e. The van der Waals surface area contributed by atoms with Crippen molar-refractivity contribution in [2.24, 2.45) is 5.10 Å². The van der Waals surface area contributed by atoms with Gasteiger partial charge in [0.15, 0.2) is 5.11 Å². The van der Waals surface area contributed by atoms with Crippen LogP contribution >= 0.6 is 12.2 Å². The summed E-state index contributed by atoms with van der Waals surface area (Å²) in [6, 6.07) is 3.79. The Morgan fingerprint density at radius 2 is 2.16 bits per heavy atom. The van der Waals surface area contributed by atoms with Crippen LogP contribution in [-0.4, -0.2) is 90.5 Å². The van der Waals surface area contributed by atoms with E-state index in [0.29, 0.717) is 11.7 Å². The van der Waals surface area contributed by atoms with E-state index in [4.69, 9.17) is 17.0 Å². The van der Waals surface area contributed by atoms with Gasteiger partial charge in [0.1, 0.15) is 11.4 Å². The molecule has 1 saturated heterocycles. The maximum Gasteiger partial charge on any atom is 0.189 e. The molecule has 0 amide bonds. The highest BCUT2D eigenvalue weighted by atomic mass is 32.1. The Hall–Kier alpha value is -1.77. The Morgan fingerprint density at radius 3 is 2.92 bits per heavy atom.